The molecule has 1 aromatic carbocycles. The first-order chi connectivity index (χ1) is 11.2. The van der Waals surface area contributed by atoms with E-state index < -0.39 is 0 Å². The standard InChI is InChI=1S/C17H21ClN4O/c1-19-15-6-4-8-21(12-15)17(23)14-9-20-22(11-14)10-13-5-2-3-7-16(13)18/h2-3,5,7,9,11,15,19H,4,6,8,10,12H2,1H3. The van der Waals surface area contributed by atoms with Crippen molar-refractivity contribution >= 4 is 17.5 Å². The molecule has 1 aromatic heterocycles. The predicted octanol–water partition coefficient (Wildman–Crippen LogP) is 2.41. The summed E-state index contributed by atoms with van der Waals surface area (Å²) >= 11 is 6.17. The summed E-state index contributed by atoms with van der Waals surface area (Å²) in [4.78, 5) is 14.5. The highest BCUT2D eigenvalue weighted by molar-refractivity contribution is 6.31. The largest absolute Gasteiger partial charge is 0.337 e. The number of rotatable bonds is 4. The maximum absolute atomic E-state index is 12.6. The Balaban J connectivity index is 1.69. The third kappa shape index (κ3) is 3.74. The number of likely N-dealkylation sites (tertiary alicyclic amines) is 1. The Bertz CT molecular complexity index is 685. The van der Waals surface area contributed by atoms with Gasteiger partial charge in [0.1, 0.15) is 0 Å². The van der Waals surface area contributed by atoms with Crippen molar-refractivity contribution in [3.63, 3.8) is 0 Å². The molecule has 0 saturated carbocycles. The molecule has 1 atom stereocenters. The Morgan fingerprint density at radius 2 is 2.26 bits per heavy atom. The number of nitrogens with one attached hydrogen (secondary N) is 1. The van der Waals surface area contributed by atoms with Crippen LogP contribution in [0.25, 0.3) is 0 Å². The molecule has 0 spiro atoms. The second kappa shape index (κ2) is 7.15. The molecule has 1 unspecified atom stereocenters. The monoisotopic (exact) mass is 332 g/mol. The zero-order valence-electron chi connectivity index (χ0n) is 13.2. The van der Waals surface area contributed by atoms with Crippen molar-refractivity contribution in [3.05, 3.63) is 52.8 Å². The van der Waals surface area contributed by atoms with Gasteiger partial charge < -0.3 is 10.2 Å². The van der Waals surface area contributed by atoms with E-state index in [0.29, 0.717) is 23.2 Å². The number of amides is 1. The molecule has 0 radical (unpaired) electrons. The third-order valence-corrected chi connectivity index (χ3v) is 4.66. The predicted molar refractivity (Wildman–Crippen MR) is 90.8 cm³/mol. The highest BCUT2D eigenvalue weighted by Gasteiger charge is 2.24. The van der Waals surface area contributed by atoms with Crippen molar-refractivity contribution in [2.45, 2.75) is 25.4 Å². The summed E-state index contributed by atoms with van der Waals surface area (Å²) in [7, 11) is 1.94. The van der Waals surface area contributed by atoms with Gasteiger partial charge in [-0.15, -0.1) is 0 Å². The lowest BCUT2D eigenvalue weighted by molar-refractivity contribution is 0.0698. The van der Waals surface area contributed by atoms with E-state index in [2.05, 4.69) is 10.4 Å². The van der Waals surface area contributed by atoms with Gasteiger partial charge in [-0.1, -0.05) is 29.8 Å². The van der Waals surface area contributed by atoms with Crippen molar-refractivity contribution in [2.24, 2.45) is 0 Å². The molecule has 0 bridgehead atoms. The van der Waals surface area contributed by atoms with Gasteiger partial charge in [-0.2, -0.15) is 5.10 Å². The minimum absolute atomic E-state index is 0.0513. The van der Waals surface area contributed by atoms with Crippen LogP contribution in [0.4, 0.5) is 0 Å². The van der Waals surface area contributed by atoms with Gasteiger partial charge in [0, 0.05) is 30.4 Å². The van der Waals surface area contributed by atoms with Crippen LogP contribution in [0.15, 0.2) is 36.7 Å². The molecule has 1 saturated heterocycles. The fraction of sp³-hybridized carbons (Fsp3) is 0.412. The summed E-state index contributed by atoms with van der Waals surface area (Å²) < 4.78 is 1.76. The van der Waals surface area contributed by atoms with Crippen molar-refractivity contribution in [1.29, 1.82) is 0 Å². The summed E-state index contributed by atoms with van der Waals surface area (Å²) in [5, 5.41) is 8.27. The molecule has 122 valence electrons. The number of hydrogen-bond donors (Lipinski definition) is 1. The van der Waals surface area contributed by atoms with Crippen molar-refractivity contribution < 1.29 is 4.79 Å². The average molecular weight is 333 g/mol. The number of carbonyl (C=O) groups excluding carboxylic acids is 1. The van der Waals surface area contributed by atoms with E-state index in [1.807, 2.05) is 36.2 Å². The first kappa shape index (κ1) is 16.0. The molecule has 0 aliphatic carbocycles. The second-order valence-electron chi connectivity index (χ2n) is 5.90. The fourth-order valence-electron chi connectivity index (χ4n) is 2.94. The molecule has 1 fully saturated rings. The second-order valence-corrected chi connectivity index (χ2v) is 6.30. The molecule has 3 rings (SSSR count). The lowest BCUT2D eigenvalue weighted by Gasteiger charge is -2.32. The molecule has 1 amide bonds. The minimum atomic E-state index is 0.0513. The number of hydrogen-bond acceptors (Lipinski definition) is 3. The molecular weight excluding hydrogens is 312 g/mol. The van der Waals surface area contributed by atoms with E-state index in [0.717, 1.165) is 31.5 Å². The number of benzene rings is 1. The van der Waals surface area contributed by atoms with E-state index in [1.54, 1.807) is 17.1 Å². The minimum Gasteiger partial charge on any atom is -0.337 e. The number of aromatic nitrogens is 2. The Morgan fingerprint density at radius 1 is 1.43 bits per heavy atom. The molecule has 1 aliphatic heterocycles. The molecule has 2 heterocycles. The first-order valence-corrected chi connectivity index (χ1v) is 8.27. The molecule has 1 N–H and O–H groups in total. The van der Waals surface area contributed by atoms with Gasteiger partial charge in [0.05, 0.1) is 18.3 Å². The van der Waals surface area contributed by atoms with Gasteiger partial charge in [0.2, 0.25) is 0 Å². The van der Waals surface area contributed by atoms with Gasteiger partial charge in [-0.25, -0.2) is 0 Å². The Kier molecular flexibility index (Phi) is 4.98. The van der Waals surface area contributed by atoms with E-state index >= 15 is 0 Å². The zero-order chi connectivity index (χ0) is 16.2. The summed E-state index contributed by atoms with van der Waals surface area (Å²) in [6.45, 7) is 2.13. The quantitative estimate of drug-likeness (QED) is 0.935. The van der Waals surface area contributed by atoms with Crippen LogP contribution in [-0.2, 0) is 6.54 Å². The van der Waals surface area contributed by atoms with Crippen molar-refractivity contribution in [3.8, 4) is 0 Å². The molecule has 1 aliphatic rings. The summed E-state index contributed by atoms with van der Waals surface area (Å²) in [6, 6.07) is 8.05. The fourth-order valence-corrected chi connectivity index (χ4v) is 3.14. The number of halogens is 1. The van der Waals surface area contributed by atoms with E-state index in [9.17, 15) is 4.79 Å². The highest BCUT2D eigenvalue weighted by atomic mass is 35.5. The Hall–Kier alpha value is -1.85. The number of piperidine rings is 1. The van der Waals surface area contributed by atoms with Crippen LogP contribution in [0, 0.1) is 0 Å². The van der Waals surface area contributed by atoms with Crippen LogP contribution in [0.1, 0.15) is 28.8 Å². The van der Waals surface area contributed by atoms with Gasteiger partial charge in [0.15, 0.2) is 0 Å². The number of carbonyl (C=O) groups is 1. The average Bonchev–Trinajstić information content (AvgIpc) is 3.05. The normalized spacial score (nSPS) is 18.2. The summed E-state index contributed by atoms with van der Waals surface area (Å²) in [6.07, 6.45) is 5.59. The number of likely N-dealkylation sites (N-methyl/N-ethyl adjacent to an activating group) is 1. The highest BCUT2D eigenvalue weighted by Crippen LogP contribution is 2.17. The lowest BCUT2D eigenvalue weighted by atomic mass is 10.1. The lowest BCUT2D eigenvalue weighted by Crippen LogP contribution is -2.46. The van der Waals surface area contributed by atoms with Crippen molar-refractivity contribution in [2.75, 3.05) is 20.1 Å². The van der Waals surface area contributed by atoms with Crippen LogP contribution in [0.3, 0.4) is 0 Å². The maximum atomic E-state index is 12.6. The smallest absolute Gasteiger partial charge is 0.257 e. The van der Waals surface area contributed by atoms with Gasteiger partial charge in [-0.3, -0.25) is 9.48 Å². The molecule has 6 heteroatoms. The van der Waals surface area contributed by atoms with Crippen LogP contribution in [-0.4, -0.2) is 46.8 Å². The maximum Gasteiger partial charge on any atom is 0.257 e. The van der Waals surface area contributed by atoms with Crippen molar-refractivity contribution in [1.82, 2.24) is 20.0 Å². The summed E-state index contributed by atoms with van der Waals surface area (Å²) in [5.74, 6) is 0.0513. The van der Waals surface area contributed by atoms with E-state index in [1.165, 1.54) is 0 Å². The molecule has 5 nitrogen and oxygen atoms in total. The van der Waals surface area contributed by atoms with Gasteiger partial charge in [0.25, 0.3) is 5.91 Å². The zero-order valence-corrected chi connectivity index (χ0v) is 14.0. The van der Waals surface area contributed by atoms with Crippen LogP contribution in [0.5, 0.6) is 0 Å². The molecule has 23 heavy (non-hydrogen) atoms. The summed E-state index contributed by atoms with van der Waals surface area (Å²) in [5.41, 5.74) is 1.62. The van der Waals surface area contributed by atoms with Crippen LogP contribution < -0.4 is 5.32 Å². The Labute approximate surface area is 141 Å². The molecule has 2 aromatic rings. The van der Waals surface area contributed by atoms with Crippen LogP contribution >= 0.6 is 11.6 Å². The third-order valence-electron chi connectivity index (χ3n) is 4.29. The number of nitrogens with zero attached hydrogens (tertiary/aromatic N) is 3. The first-order valence-electron chi connectivity index (χ1n) is 7.90. The SMILES string of the molecule is CNC1CCCN(C(=O)c2cnn(Cc3ccccc3Cl)c2)C1. The molecular formula is C17H21ClN4O. The van der Waals surface area contributed by atoms with E-state index in [4.69, 9.17) is 11.6 Å². The topological polar surface area (TPSA) is 50.2 Å². The Morgan fingerprint density at radius 3 is 3.04 bits per heavy atom. The van der Waals surface area contributed by atoms with Gasteiger partial charge >= 0.3 is 0 Å². The van der Waals surface area contributed by atoms with E-state index in [-0.39, 0.29) is 5.91 Å². The van der Waals surface area contributed by atoms with Gasteiger partial charge in [-0.05, 0) is 31.5 Å². The van der Waals surface area contributed by atoms with Crippen LogP contribution in [0.2, 0.25) is 5.02 Å².